The van der Waals surface area contributed by atoms with E-state index in [9.17, 15) is 9.90 Å². The normalized spacial score (nSPS) is 16.2. The number of amides is 1. The van der Waals surface area contributed by atoms with E-state index < -0.39 is 17.2 Å². The highest BCUT2D eigenvalue weighted by molar-refractivity contribution is 9.10. The highest BCUT2D eigenvalue weighted by Gasteiger charge is 2.57. The van der Waals surface area contributed by atoms with Gasteiger partial charge in [0.15, 0.2) is 0 Å². The van der Waals surface area contributed by atoms with Gasteiger partial charge in [-0.1, -0.05) is 28.1 Å². The van der Waals surface area contributed by atoms with Crippen molar-refractivity contribution in [2.45, 2.75) is 44.7 Å². The zero-order valence-corrected chi connectivity index (χ0v) is 15.0. The van der Waals surface area contributed by atoms with Crippen LogP contribution in [0.3, 0.4) is 0 Å². The third kappa shape index (κ3) is 2.87. The highest BCUT2D eigenvalue weighted by Crippen LogP contribution is 2.52. The van der Waals surface area contributed by atoms with E-state index in [1.54, 1.807) is 6.20 Å². The second-order valence-corrected chi connectivity index (χ2v) is 7.89. The second kappa shape index (κ2) is 5.37. The molecule has 6 heteroatoms. The van der Waals surface area contributed by atoms with Crippen LogP contribution in [0, 0.1) is 0 Å². The molecule has 0 unspecified atom stereocenters. The third-order valence-corrected chi connectivity index (χ3v) is 4.71. The van der Waals surface area contributed by atoms with E-state index in [1.165, 1.54) is 4.90 Å². The molecule has 3 rings (SSSR count). The third-order valence-electron chi connectivity index (χ3n) is 4.19. The number of halogens is 1. The molecule has 0 bridgehead atoms. The minimum atomic E-state index is -0.906. The molecule has 1 heterocycles. The molecule has 5 nitrogen and oxygen atoms in total. The number of rotatable bonds is 3. The maximum Gasteiger partial charge on any atom is 0.408 e. The lowest BCUT2D eigenvalue weighted by Crippen LogP contribution is -2.51. The number of hydrogen-bond donors (Lipinski definition) is 2. The maximum atomic E-state index is 11.8. The molecule has 0 atom stereocenters. The van der Waals surface area contributed by atoms with Gasteiger partial charge in [0, 0.05) is 10.0 Å². The van der Waals surface area contributed by atoms with E-state index in [1.807, 2.05) is 45.0 Å². The number of hydrogen-bond acceptors (Lipinski definition) is 2. The van der Waals surface area contributed by atoms with Crippen LogP contribution in [0.5, 0.6) is 0 Å². The van der Waals surface area contributed by atoms with Crippen LogP contribution in [0.2, 0.25) is 0 Å². The van der Waals surface area contributed by atoms with Crippen LogP contribution in [0.25, 0.3) is 11.3 Å². The van der Waals surface area contributed by atoms with Gasteiger partial charge in [0.1, 0.15) is 11.4 Å². The SMILES string of the molecule is CC(C)(C)N(C(=O)O)C1(c2ncc(-c3ccc(Br)cc3)[nH]2)CC1. The molecule has 1 fully saturated rings. The number of H-pyrrole nitrogens is 1. The van der Waals surface area contributed by atoms with Gasteiger partial charge >= 0.3 is 6.09 Å². The molecule has 2 N–H and O–H groups in total. The van der Waals surface area contributed by atoms with E-state index >= 15 is 0 Å². The molecule has 23 heavy (non-hydrogen) atoms. The highest BCUT2D eigenvalue weighted by atomic mass is 79.9. The van der Waals surface area contributed by atoms with E-state index in [-0.39, 0.29) is 0 Å². The average molecular weight is 378 g/mol. The Bertz CT molecular complexity index is 727. The molecule has 0 spiro atoms. The fourth-order valence-corrected chi connectivity index (χ4v) is 3.39. The van der Waals surface area contributed by atoms with Crippen LogP contribution in [0.1, 0.15) is 39.4 Å². The lowest BCUT2D eigenvalue weighted by Gasteiger charge is -2.39. The van der Waals surface area contributed by atoms with Crippen LogP contribution in [-0.2, 0) is 5.54 Å². The quantitative estimate of drug-likeness (QED) is 0.820. The molecular weight excluding hydrogens is 358 g/mol. The van der Waals surface area contributed by atoms with Crippen molar-refractivity contribution in [2.75, 3.05) is 0 Å². The predicted octanol–water partition coefficient (Wildman–Crippen LogP) is 4.61. The van der Waals surface area contributed by atoms with E-state index in [0.717, 1.165) is 34.4 Å². The lowest BCUT2D eigenvalue weighted by atomic mass is 10.0. The summed E-state index contributed by atoms with van der Waals surface area (Å²) >= 11 is 3.42. The largest absolute Gasteiger partial charge is 0.465 e. The first kappa shape index (κ1) is 16.1. The molecule has 1 saturated carbocycles. The van der Waals surface area contributed by atoms with Gasteiger partial charge in [-0.05, 0) is 51.3 Å². The van der Waals surface area contributed by atoms with Gasteiger partial charge in [-0.15, -0.1) is 0 Å². The van der Waals surface area contributed by atoms with E-state index in [4.69, 9.17) is 0 Å². The van der Waals surface area contributed by atoms with Crippen molar-refractivity contribution in [1.82, 2.24) is 14.9 Å². The number of nitrogens with zero attached hydrogens (tertiary/aromatic N) is 2. The number of aromatic amines is 1. The van der Waals surface area contributed by atoms with Gasteiger partial charge < -0.3 is 10.1 Å². The Hall–Kier alpha value is -1.82. The fraction of sp³-hybridized carbons (Fsp3) is 0.412. The molecule has 0 aliphatic heterocycles. The van der Waals surface area contributed by atoms with Crippen LogP contribution < -0.4 is 0 Å². The first-order chi connectivity index (χ1) is 10.7. The standard InChI is InChI=1S/C17H20BrN3O2/c1-16(2,3)21(15(22)23)17(8-9-17)14-19-10-13(20-14)11-4-6-12(18)7-5-11/h4-7,10H,8-9H2,1-3H3,(H,19,20)(H,22,23). The Morgan fingerprint density at radius 3 is 2.39 bits per heavy atom. The zero-order valence-electron chi connectivity index (χ0n) is 13.4. The lowest BCUT2D eigenvalue weighted by molar-refractivity contribution is 0.0565. The molecular formula is C17H20BrN3O2. The summed E-state index contributed by atoms with van der Waals surface area (Å²) < 4.78 is 1.02. The second-order valence-electron chi connectivity index (χ2n) is 6.97. The first-order valence-corrected chi connectivity index (χ1v) is 8.38. The summed E-state index contributed by atoms with van der Waals surface area (Å²) in [4.78, 5) is 21.2. The van der Waals surface area contributed by atoms with Crippen molar-refractivity contribution in [3.05, 3.63) is 40.8 Å². The summed E-state index contributed by atoms with van der Waals surface area (Å²) in [5.41, 5.74) is 0.920. The Labute approximate surface area is 143 Å². The molecule has 1 aliphatic carbocycles. The van der Waals surface area contributed by atoms with Gasteiger partial charge in [-0.25, -0.2) is 9.78 Å². The van der Waals surface area contributed by atoms with Crippen molar-refractivity contribution in [3.63, 3.8) is 0 Å². The number of carbonyl (C=O) groups is 1. The molecule has 0 radical (unpaired) electrons. The number of benzene rings is 1. The molecule has 1 aliphatic rings. The van der Waals surface area contributed by atoms with Crippen molar-refractivity contribution in [1.29, 1.82) is 0 Å². The monoisotopic (exact) mass is 377 g/mol. The van der Waals surface area contributed by atoms with Crippen molar-refractivity contribution < 1.29 is 9.90 Å². The molecule has 0 saturated heterocycles. The van der Waals surface area contributed by atoms with Gasteiger partial charge in [-0.3, -0.25) is 4.90 Å². The minimum Gasteiger partial charge on any atom is -0.465 e. The number of carboxylic acid groups (broad SMARTS) is 1. The number of imidazole rings is 1. The molecule has 1 amide bonds. The number of nitrogens with one attached hydrogen (secondary N) is 1. The van der Waals surface area contributed by atoms with Crippen molar-refractivity contribution in [3.8, 4) is 11.3 Å². The van der Waals surface area contributed by atoms with Crippen LogP contribution in [-0.4, -0.2) is 31.6 Å². The Morgan fingerprint density at radius 2 is 1.91 bits per heavy atom. The number of aromatic nitrogens is 2. The van der Waals surface area contributed by atoms with Crippen LogP contribution in [0.4, 0.5) is 4.79 Å². The van der Waals surface area contributed by atoms with Gasteiger partial charge in [-0.2, -0.15) is 0 Å². The predicted molar refractivity (Wildman–Crippen MR) is 92.3 cm³/mol. The van der Waals surface area contributed by atoms with Crippen molar-refractivity contribution >= 4 is 22.0 Å². The summed E-state index contributed by atoms with van der Waals surface area (Å²) in [6.45, 7) is 5.75. The Kier molecular flexibility index (Phi) is 3.75. The van der Waals surface area contributed by atoms with Crippen LogP contribution in [0.15, 0.2) is 34.9 Å². The summed E-state index contributed by atoms with van der Waals surface area (Å²) in [6, 6.07) is 7.95. The summed E-state index contributed by atoms with van der Waals surface area (Å²) in [5.74, 6) is 0.729. The first-order valence-electron chi connectivity index (χ1n) is 7.59. The summed E-state index contributed by atoms with van der Waals surface area (Å²) in [7, 11) is 0. The van der Waals surface area contributed by atoms with Crippen LogP contribution >= 0.6 is 15.9 Å². The Balaban J connectivity index is 1.96. The molecule has 1 aromatic heterocycles. The Morgan fingerprint density at radius 1 is 1.30 bits per heavy atom. The topological polar surface area (TPSA) is 69.2 Å². The maximum absolute atomic E-state index is 11.8. The molecule has 122 valence electrons. The zero-order chi connectivity index (χ0) is 16.8. The smallest absolute Gasteiger partial charge is 0.408 e. The molecule has 1 aromatic carbocycles. The van der Waals surface area contributed by atoms with E-state index in [0.29, 0.717) is 0 Å². The summed E-state index contributed by atoms with van der Waals surface area (Å²) in [6.07, 6.45) is 2.46. The molecule has 2 aromatic rings. The summed E-state index contributed by atoms with van der Waals surface area (Å²) in [5, 5.41) is 9.68. The van der Waals surface area contributed by atoms with Gasteiger partial charge in [0.2, 0.25) is 0 Å². The average Bonchev–Trinajstić information content (AvgIpc) is 3.06. The van der Waals surface area contributed by atoms with Crippen molar-refractivity contribution in [2.24, 2.45) is 0 Å². The van der Waals surface area contributed by atoms with Gasteiger partial charge in [0.05, 0.1) is 11.9 Å². The van der Waals surface area contributed by atoms with E-state index in [2.05, 4.69) is 25.9 Å². The minimum absolute atomic E-state index is 0.479. The fourth-order valence-electron chi connectivity index (χ4n) is 3.13. The van der Waals surface area contributed by atoms with Gasteiger partial charge in [0.25, 0.3) is 0 Å².